The van der Waals surface area contributed by atoms with Gasteiger partial charge >= 0.3 is 6.09 Å². The first-order chi connectivity index (χ1) is 27.7. The number of phenolic OH excluding ortho intramolecular Hbond substituents is 1. The molecule has 1 aromatic heterocycles. The number of nitrogens with one attached hydrogen (secondary N) is 3. The van der Waals surface area contributed by atoms with Crippen molar-refractivity contribution >= 4 is 28.6 Å². The number of para-hydroxylation sites is 1. The van der Waals surface area contributed by atoms with Crippen LogP contribution in [0.5, 0.6) is 11.5 Å². The monoisotopic (exact) mass is 773 g/mol. The Balaban J connectivity index is 0.758. The summed E-state index contributed by atoms with van der Waals surface area (Å²) in [6, 6.07) is 31.9. The Morgan fingerprint density at radius 2 is 1.67 bits per heavy atom. The van der Waals surface area contributed by atoms with Gasteiger partial charge in [-0.25, -0.2) is 4.79 Å². The average molecular weight is 774 g/mol. The van der Waals surface area contributed by atoms with Crippen LogP contribution in [0, 0.1) is 11.8 Å². The van der Waals surface area contributed by atoms with Crippen LogP contribution in [0.4, 0.5) is 10.5 Å². The Bertz CT molecular complexity index is 2180. The number of amides is 2. The number of benzene rings is 4. The highest BCUT2D eigenvalue weighted by molar-refractivity contribution is 5.91. The van der Waals surface area contributed by atoms with Crippen LogP contribution in [-0.4, -0.2) is 96.0 Å². The number of likely N-dealkylation sites (tertiary alicyclic amines) is 1. The largest absolute Gasteiger partial charge is 0.506 e. The molecule has 7 rings (SSSR count). The number of ether oxygens (including phenoxy) is 2. The third-order valence-electron chi connectivity index (χ3n) is 11.2. The summed E-state index contributed by atoms with van der Waals surface area (Å²) in [5.74, 6) is 1.70. The van der Waals surface area contributed by atoms with Crippen LogP contribution in [0.3, 0.4) is 0 Å². The van der Waals surface area contributed by atoms with E-state index in [4.69, 9.17) is 9.47 Å². The van der Waals surface area contributed by atoms with Crippen molar-refractivity contribution in [3.63, 3.8) is 0 Å². The van der Waals surface area contributed by atoms with Crippen molar-refractivity contribution in [1.29, 1.82) is 0 Å². The zero-order valence-electron chi connectivity index (χ0n) is 32.2. The Labute approximate surface area is 332 Å². The van der Waals surface area contributed by atoms with E-state index in [9.17, 15) is 24.6 Å². The third-order valence-corrected chi connectivity index (χ3v) is 11.2. The molecule has 12 nitrogen and oxygen atoms in total. The molecule has 12 heteroatoms. The van der Waals surface area contributed by atoms with Crippen molar-refractivity contribution < 1.29 is 29.3 Å². The highest BCUT2D eigenvalue weighted by Crippen LogP contribution is 2.40. The number of H-pyrrole nitrogens is 1. The van der Waals surface area contributed by atoms with E-state index in [0.717, 1.165) is 61.5 Å². The average Bonchev–Trinajstić information content (AvgIpc) is 3.78. The van der Waals surface area contributed by atoms with Crippen molar-refractivity contribution in [2.75, 3.05) is 58.2 Å². The molecule has 57 heavy (non-hydrogen) atoms. The fraction of sp³-hybridized carbons (Fsp3) is 0.356. The quantitative estimate of drug-likeness (QED) is 0.0765. The van der Waals surface area contributed by atoms with Gasteiger partial charge in [-0.2, -0.15) is 0 Å². The van der Waals surface area contributed by atoms with Crippen LogP contribution in [0.25, 0.3) is 22.0 Å². The second kappa shape index (κ2) is 18.5. The Morgan fingerprint density at radius 3 is 2.44 bits per heavy atom. The first-order valence-corrected chi connectivity index (χ1v) is 19.7. The number of aromatic hydroxyl groups is 1. The molecule has 1 saturated heterocycles. The smallest absolute Gasteiger partial charge is 0.411 e. The molecular formula is C45H51N5O7. The summed E-state index contributed by atoms with van der Waals surface area (Å²) in [6.45, 7) is 4.46. The van der Waals surface area contributed by atoms with E-state index in [2.05, 4.69) is 32.7 Å². The lowest BCUT2D eigenvalue weighted by Crippen LogP contribution is -2.35. The van der Waals surface area contributed by atoms with Gasteiger partial charge in [-0.3, -0.25) is 14.9 Å². The van der Waals surface area contributed by atoms with Crippen molar-refractivity contribution in [3.8, 4) is 22.6 Å². The van der Waals surface area contributed by atoms with Gasteiger partial charge in [-0.1, -0.05) is 66.7 Å². The Kier molecular flexibility index (Phi) is 12.8. The van der Waals surface area contributed by atoms with Crippen LogP contribution in [0.2, 0.25) is 0 Å². The number of carbonyl (C=O) groups is 2. The molecule has 5 N–H and O–H groups in total. The van der Waals surface area contributed by atoms with Gasteiger partial charge in [0.2, 0.25) is 11.5 Å². The fourth-order valence-corrected chi connectivity index (χ4v) is 8.13. The van der Waals surface area contributed by atoms with Crippen molar-refractivity contribution in [2.24, 2.45) is 11.8 Å². The Morgan fingerprint density at radius 1 is 0.930 bits per heavy atom. The van der Waals surface area contributed by atoms with E-state index in [1.807, 2.05) is 66.7 Å². The number of likely N-dealkylation sites (N-methyl/N-ethyl adjacent to an activating group) is 1. The van der Waals surface area contributed by atoms with Gasteiger partial charge in [0.05, 0.1) is 30.3 Å². The van der Waals surface area contributed by atoms with Crippen LogP contribution >= 0.6 is 0 Å². The number of hydrogen-bond acceptors (Lipinski definition) is 9. The van der Waals surface area contributed by atoms with Gasteiger partial charge in [-0.05, 0) is 78.1 Å². The number of anilines is 1. The minimum absolute atomic E-state index is 0.0383. The molecular weight excluding hydrogens is 723 g/mol. The molecule has 2 aliphatic rings. The van der Waals surface area contributed by atoms with Gasteiger partial charge in [0.1, 0.15) is 17.6 Å². The number of hydrogen-bond donors (Lipinski definition) is 5. The molecule has 4 atom stereocenters. The predicted molar refractivity (Wildman–Crippen MR) is 220 cm³/mol. The number of carbonyl (C=O) groups excluding carboxylic acids is 2. The summed E-state index contributed by atoms with van der Waals surface area (Å²) in [7, 11) is 1.74. The number of aliphatic hydroxyl groups is 1. The second-order valence-corrected chi connectivity index (χ2v) is 15.1. The number of aromatic amines is 1. The van der Waals surface area contributed by atoms with E-state index in [0.29, 0.717) is 35.9 Å². The molecule has 1 saturated carbocycles. The minimum Gasteiger partial charge on any atom is -0.506 e. The lowest BCUT2D eigenvalue weighted by atomic mass is 10.0. The lowest BCUT2D eigenvalue weighted by Gasteiger charge is -2.20. The van der Waals surface area contributed by atoms with Crippen molar-refractivity contribution in [3.05, 3.63) is 125 Å². The molecule has 1 unspecified atom stereocenters. The number of fused-ring (bicyclic) bond motifs is 2. The molecule has 0 radical (unpaired) electrons. The second-order valence-electron chi connectivity index (χ2n) is 15.1. The fourth-order valence-electron chi connectivity index (χ4n) is 8.13. The van der Waals surface area contributed by atoms with Crippen molar-refractivity contribution in [1.82, 2.24) is 20.1 Å². The topological polar surface area (TPSA) is 156 Å². The summed E-state index contributed by atoms with van der Waals surface area (Å²) < 4.78 is 11.8. The number of pyridine rings is 1. The first kappa shape index (κ1) is 39.5. The molecule has 298 valence electrons. The van der Waals surface area contributed by atoms with Gasteiger partial charge < -0.3 is 39.8 Å². The first-order valence-electron chi connectivity index (χ1n) is 19.7. The summed E-state index contributed by atoms with van der Waals surface area (Å²) >= 11 is 0. The highest BCUT2D eigenvalue weighted by Gasteiger charge is 2.42. The van der Waals surface area contributed by atoms with Gasteiger partial charge in [0.15, 0.2) is 0 Å². The molecule has 0 bridgehead atoms. The zero-order valence-corrected chi connectivity index (χ0v) is 32.2. The van der Waals surface area contributed by atoms with Crippen molar-refractivity contribution in [2.45, 2.75) is 37.9 Å². The molecule has 1 aliphatic carbocycles. The summed E-state index contributed by atoms with van der Waals surface area (Å²) in [5, 5.41) is 27.6. The maximum absolute atomic E-state index is 12.9. The molecule has 2 fully saturated rings. The molecule has 5 aromatic rings. The predicted octanol–water partition coefficient (Wildman–Crippen LogP) is 5.95. The molecule has 2 heterocycles. The van der Waals surface area contributed by atoms with Crippen LogP contribution in [-0.2, 0) is 16.0 Å². The van der Waals surface area contributed by atoms with Crippen LogP contribution in [0.15, 0.2) is 108 Å². The molecule has 4 aromatic carbocycles. The van der Waals surface area contributed by atoms with Crippen LogP contribution < -0.4 is 20.9 Å². The summed E-state index contributed by atoms with van der Waals surface area (Å²) in [5.41, 5.74) is 4.53. The molecule has 2 amide bonds. The van der Waals surface area contributed by atoms with Gasteiger partial charge in [0.25, 0.3) is 0 Å². The van der Waals surface area contributed by atoms with E-state index in [1.54, 1.807) is 24.1 Å². The molecule has 1 aliphatic heterocycles. The number of aromatic nitrogens is 1. The lowest BCUT2D eigenvalue weighted by molar-refractivity contribution is -0.130. The maximum atomic E-state index is 12.9. The summed E-state index contributed by atoms with van der Waals surface area (Å²) in [6.07, 6.45) is 1.64. The van der Waals surface area contributed by atoms with Gasteiger partial charge in [0, 0.05) is 63.3 Å². The van der Waals surface area contributed by atoms with E-state index in [1.165, 1.54) is 17.7 Å². The summed E-state index contributed by atoms with van der Waals surface area (Å²) in [4.78, 5) is 44.0. The van der Waals surface area contributed by atoms with E-state index < -0.39 is 12.2 Å². The van der Waals surface area contributed by atoms with Crippen LogP contribution in [0.1, 0.15) is 36.5 Å². The van der Waals surface area contributed by atoms with Gasteiger partial charge in [-0.15, -0.1) is 0 Å². The number of nitrogens with zero attached hydrogens (tertiary/aromatic N) is 2. The normalized spacial score (nSPS) is 18.2. The maximum Gasteiger partial charge on any atom is 0.411 e. The third kappa shape index (κ3) is 10.2. The standard InChI is InChI=1S/C45H51N5O7/c1-49(23-21-46-27-41(52)37-15-17-40(51)44-38(37)16-18-42(53)48-44)43(54)20-24-56-34-13-11-30(12-14-34)19-22-50-28-32-25-35(26-33(32)29-50)57-45(55)47-39-10-6-5-9-36(39)31-7-3-2-4-8-31/h2-18,32-33,35,41,46,51-52H,19-29H2,1H3,(H,47,55)(H,48,53)/t32-,33+,35?,41-/m0/s1. The number of phenols is 1. The van der Waals surface area contributed by atoms with E-state index >= 15 is 0 Å². The number of aliphatic hydroxyl groups excluding tert-OH is 1. The zero-order chi connectivity index (χ0) is 39.7. The highest BCUT2D eigenvalue weighted by atomic mass is 16.6. The Hall–Kier alpha value is -5.69. The SMILES string of the molecule is CN(CCNC[C@H](O)c1ccc(O)c2[nH]c(=O)ccc12)C(=O)CCOc1ccc(CCN2C[C@H]3CC(OC(=O)Nc4ccccc4-c4ccccc4)C[C@H]3C2)cc1. The molecule has 0 spiro atoms. The number of rotatable bonds is 16. The van der Waals surface area contributed by atoms with E-state index in [-0.39, 0.29) is 48.4 Å². The minimum atomic E-state index is -0.869.